The van der Waals surface area contributed by atoms with Crippen molar-refractivity contribution in [1.82, 2.24) is 10.5 Å². The molecule has 3 rings (SSSR count). The van der Waals surface area contributed by atoms with E-state index in [9.17, 15) is 9.18 Å². The zero-order valence-electron chi connectivity index (χ0n) is 10.2. The maximum absolute atomic E-state index is 13.6. The standard InChI is InChI=1S/C14H13FN2O2/c15-12-4-2-1-3-11(12)13-7-10(17-19-13)8-16-14(18)9-5-6-9/h1-4,7,9H,5-6,8H2,(H,16,18). The molecule has 98 valence electrons. The predicted molar refractivity (Wildman–Crippen MR) is 66.5 cm³/mol. The highest BCUT2D eigenvalue weighted by atomic mass is 19.1. The monoisotopic (exact) mass is 260 g/mol. The Labute approximate surface area is 109 Å². The van der Waals surface area contributed by atoms with E-state index >= 15 is 0 Å². The summed E-state index contributed by atoms with van der Waals surface area (Å²) in [6.07, 6.45) is 1.93. The van der Waals surface area contributed by atoms with E-state index in [0.717, 1.165) is 12.8 Å². The smallest absolute Gasteiger partial charge is 0.223 e. The molecule has 1 aromatic carbocycles. The molecule has 4 nitrogen and oxygen atoms in total. The molecule has 5 heteroatoms. The van der Waals surface area contributed by atoms with Crippen LogP contribution >= 0.6 is 0 Å². The summed E-state index contributed by atoms with van der Waals surface area (Å²) in [7, 11) is 0. The first kappa shape index (κ1) is 11.9. The van der Waals surface area contributed by atoms with Gasteiger partial charge in [0.1, 0.15) is 11.5 Å². The van der Waals surface area contributed by atoms with E-state index in [1.54, 1.807) is 24.3 Å². The highest BCUT2D eigenvalue weighted by Crippen LogP contribution is 2.29. The molecular formula is C14H13FN2O2. The molecule has 1 amide bonds. The van der Waals surface area contributed by atoms with Crippen LogP contribution in [0.4, 0.5) is 4.39 Å². The quantitative estimate of drug-likeness (QED) is 0.919. The Hall–Kier alpha value is -2.17. The summed E-state index contributed by atoms with van der Waals surface area (Å²) in [4.78, 5) is 11.5. The summed E-state index contributed by atoms with van der Waals surface area (Å²) in [6.45, 7) is 0.313. The Morgan fingerprint density at radius 3 is 2.95 bits per heavy atom. The molecule has 1 saturated carbocycles. The molecule has 0 aliphatic heterocycles. The van der Waals surface area contributed by atoms with Crippen LogP contribution in [0.25, 0.3) is 11.3 Å². The van der Waals surface area contributed by atoms with E-state index in [1.165, 1.54) is 6.07 Å². The third kappa shape index (κ3) is 2.65. The summed E-state index contributed by atoms with van der Waals surface area (Å²) in [6, 6.07) is 7.99. The molecule has 1 aromatic heterocycles. The lowest BCUT2D eigenvalue weighted by Crippen LogP contribution is -2.24. The number of nitrogens with one attached hydrogen (secondary N) is 1. The summed E-state index contributed by atoms with van der Waals surface area (Å²) in [5, 5.41) is 6.61. The zero-order chi connectivity index (χ0) is 13.2. The van der Waals surface area contributed by atoms with Gasteiger partial charge in [0.25, 0.3) is 0 Å². The van der Waals surface area contributed by atoms with Gasteiger partial charge in [-0.3, -0.25) is 4.79 Å². The van der Waals surface area contributed by atoms with Crippen LogP contribution in [0, 0.1) is 11.7 Å². The third-order valence-corrected chi connectivity index (χ3v) is 3.09. The average molecular weight is 260 g/mol. The van der Waals surface area contributed by atoms with Crippen molar-refractivity contribution < 1.29 is 13.7 Å². The Morgan fingerprint density at radius 1 is 1.42 bits per heavy atom. The number of halogens is 1. The Kier molecular flexibility index (Phi) is 3.03. The van der Waals surface area contributed by atoms with E-state index in [-0.39, 0.29) is 17.6 Å². The van der Waals surface area contributed by atoms with Crippen molar-refractivity contribution in [3.63, 3.8) is 0 Å². The molecule has 19 heavy (non-hydrogen) atoms. The molecular weight excluding hydrogens is 247 g/mol. The number of aromatic nitrogens is 1. The molecule has 0 bridgehead atoms. The van der Waals surface area contributed by atoms with Crippen LogP contribution in [0.15, 0.2) is 34.9 Å². The topological polar surface area (TPSA) is 55.1 Å². The van der Waals surface area contributed by atoms with Crippen molar-refractivity contribution in [3.8, 4) is 11.3 Å². The highest BCUT2D eigenvalue weighted by molar-refractivity contribution is 5.80. The molecule has 1 N–H and O–H groups in total. The van der Waals surface area contributed by atoms with E-state index in [1.807, 2.05) is 0 Å². The minimum Gasteiger partial charge on any atom is -0.356 e. The van der Waals surface area contributed by atoms with Gasteiger partial charge in [0.15, 0.2) is 5.76 Å². The molecule has 1 aliphatic rings. The number of carbonyl (C=O) groups is 1. The molecule has 1 aliphatic carbocycles. The van der Waals surface area contributed by atoms with Crippen molar-refractivity contribution in [1.29, 1.82) is 0 Å². The van der Waals surface area contributed by atoms with Crippen molar-refractivity contribution in [3.05, 3.63) is 41.8 Å². The van der Waals surface area contributed by atoms with Gasteiger partial charge in [0.05, 0.1) is 12.1 Å². The second-order valence-corrected chi connectivity index (χ2v) is 4.65. The highest BCUT2D eigenvalue weighted by Gasteiger charge is 2.29. The Morgan fingerprint density at radius 2 is 2.21 bits per heavy atom. The lowest BCUT2D eigenvalue weighted by Gasteiger charge is -1.99. The van der Waals surface area contributed by atoms with Crippen LogP contribution < -0.4 is 5.32 Å². The van der Waals surface area contributed by atoms with E-state index in [4.69, 9.17) is 4.52 Å². The SMILES string of the molecule is O=C(NCc1cc(-c2ccccc2F)on1)C1CC1. The number of carbonyl (C=O) groups excluding carboxylic acids is 1. The van der Waals surface area contributed by atoms with Gasteiger partial charge >= 0.3 is 0 Å². The molecule has 0 atom stereocenters. The van der Waals surface area contributed by atoms with Crippen molar-refractivity contribution in [2.75, 3.05) is 0 Å². The summed E-state index contributed by atoms with van der Waals surface area (Å²) >= 11 is 0. The summed E-state index contributed by atoms with van der Waals surface area (Å²) in [5.41, 5.74) is 0.960. The maximum Gasteiger partial charge on any atom is 0.223 e. The number of amides is 1. The van der Waals surface area contributed by atoms with Crippen molar-refractivity contribution in [2.24, 2.45) is 5.92 Å². The van der Waals surface area contributed by atoms with Crippen LogP contribution in [0.3, 0.4) is 0 Å². The summed E-state index contributed by atoms with van der Waals surface area (Å²) in [5.74, 6) is 0.231. The molecule has 0 spiro atoms. The first-order valence-corrected chi connectivity index (χ1v) is 6.22. The molecule has 0 radical (unpaired) electrons. The number of hydrogen-bond donors (Lipinski definition) is 1. The largest absolute Gasteiger partial charge is 0.356 e. The molecule has 0 saturated heterocycles. The Bertz CT molecular complexity index is 605. The minimum absolute atomic E-state index is 0.0513. The fourth-order valence-corrected chi connectivity index (χ4v) is 1.85. The van der Waals surface area contributed by atoms with Gasteiger partial charge in [0, 0.05) is 12.0 Å². The van der Waals surface area contributed by atoms with Crippen molar-refractivity contribution >= 4 is 5.91 Å². The number of rotatable bonds is 4. The Balaban J connectivity index is 1.69. The van der Waals surface area contributed by atoms with Gasteiger partial charge in [0.2, 0.25) is 5.91 Å². The first-order chi connectivity index (χ1) is 9.24. The second kappa shape index (κ2) is 4.84. The van der Waals surface area contributed by atoms with Gasteiger partial charge in [-0.25, -0.2) is 4.39 Å². The van der Waals surface area contributed by atoms with Crippen LogP contribution in [0.5, 0.6) is 0 Å². The van der Waals surface area contributed by atoms with Crippen molar-refractivity contribution in [2.45, 2.75) is 19.4 Å². The van der Waals surface area contributed by atoms with E-state index < -0.39 is 0 Å². The fraction of sp³-hybridized carbons (Fsp3) is 0.286. The van der Waals surface area contributed by atoms with Crippen LogP contribution in [0.2, 0.25) is 0 Å². The molecule has 2 aromatic rings. The second-order valence-electron chi connectivity index (χ2n) is 4.65. The lowest BCUT2D eigenvalue weighted by atomic mass is 10.1. The number of benzene rings is 1. The summed E-state index contributed by atoms with van der Waals surface area (Å²) < 4.78 is 18.7. The average Bonchev–Trinajstić information content (AvgIpc) is 3.16. The van der Waals surface area contributed by atoms with E-state index in [0.29, 0.717) is 23.6 Å². The van der Waals surface area contributed by atoms with Gasteiger partial charge < -0.3 is 9.84 Å². The predicted octanol–water partition coefficient (Wildman–Crippen LogP) is 2.51. The van der Waals surface area contributed by atoms with Gasteiger partial charge in [-0.15, -0.1) is 0 Å². The third-order valence-electron chi connectivity index (χ3n) is 3.09. The number of hydrogen-bond acceptors (Lipinski definition) is 3. The van der Waals surface area contributed by atoms with Crippen LogP contribution in [-0.4, -0.2) is 11.1 Å². The van der Waals surface area contributed by atoms with Crippen LogP contribution in [-0.2, 0) is 11.3 Å². The van der Waals surface area contributed by atoms with Gasteiger partial charge in [-0.1, -0.05) is 17.3 Å². The first-order valence-electron chi connectivity index (χ1n) is 6.22. The fourth-order valence-electron chi connectivity index (χ4n) is 1.85. The maximum atomic E-state index is 13.6. The molecule has 1 heterocycles. The van der Waals surface area contributed by atoms with Gasteiger partial charge in [-0.05, 0) is 25.0 Å². The van der Waals surface area contributed by atoms with Crippen LogP contribution in [0.1, 0.15) is 18.5 Å². The normalized spacial score (nSPS) is 14.4. The molecule has 0 unspecified atom stereocenters. The van der Waals surface area contributed by atoms with Gasteiger partial charge in [-0.2, -0.15) is 0 Å². The lowest BCUT2D eigenvalue weighted by molar-refractivity contribution is -0.122. The number of nitrogens with zero attached hydrogens (tertiary/aromatic N) is 1. The molecule has 1 fully saturated rings. The zero-order valence-corrected chi connectivity index (χ0v) is 10.2. The minimum atomic E-state index is -0.354. The van der Waals surface area contributed by atoms with E-state index in [2.05, 4.69) is 10.5 Å².